The second-order valence-corrected chi connectivity index (χ2v) is 7.24. The summed E-state index contributed by atoms with van der Waals surface area (Å²) in [6, 6.07) is 2.32. The highest BCUT2D eigenvalue weighted by atomic mass is 32.2. The van der Waals surface area contributed by atoms with Crippen molar-refractivity contribution in [3.63, 3.8) is 0 Å². The fourth-order valence-electron chi connectivity index (χ4n) is 3.14. The number of nitrogens with zero attached hydrogens (tertiary/aromatic N) is 1. The van der Waals surface area contributed by atoms with E-state index in [0.29, 0.717) is 19.2 Å². The molecule has 20 heavy (non-hydrogen) atoms. The van der Waals surface area contributed by atoms with Crippen LogP contribution in [0.3, 0.4) is 0 Å². The summed E-state index contributed by atoms with van der Waals surface area (Å²) in [6.45, 7) is 1.80. The first-order chi connectivity index (χ1) is 9.48. The Bertz CT molecular complexity index is 601. The first-order valence-electron chi connectivity index (χ1n) is 6.67. The van der Waals surface area contributed by atoms with Crippen molar-refractivity contribution in [2.75, 3.05) is 19.6 Å². The molecule has 0 radical (unpaired) electrons. The number of piperidine rings is 1. The van der Waals surface area contributed by atoms with Crippen LogP contribution in [0.25, 0.3) is 0 Å². The molecule has 7 heteroatoms. The summed E-state index contributed by atoms with van der Waals surface area (Å²) in [4.78, 5) is -0.303. The van der Waals surface area contributed by atoms with E-state index in [0.717, 1.165) is 31.5 Å². The lowest BCUT2D eigenvalue weighted by atomic mass is 9.94. The SMILES string of the molecule is O=S(=O)(c1cc(F)cc(F)c1)N1CCCC2CNCC21. The van der Waals surface area contributed by atoms with Gasteiger partial charge in [0.15, 0.2) is 0 Å². The third-order valence-corrected chi connectivity index (χ3v) is 5.97. The molecule has 2 unspecified atom stereocenters. The van der Waals surface area contributed by atoms with Crippen LogP contribution in [0.1, 0.15) is 12.8 Å². The van der Waals surface area contributed by atoms with Crippen LogP contribution in [0.4, 0.5) is 8.78 Å². The highest BCUT2D eigenvalue weighted by Gasteiger charge is 2.41. The summed E-state index contributed by atoms with van der Waals surface area (Å²) < 4.78 is 53.1. The number of hydrogen-bond acceptors (Lipinski definition) is 3. The van der Waals surface area contributed by atoms with Crippen molar-refractivity contribution in [2.45, 2.75) is 23.8 Å². The van der Waals surface area contributed by atoms with Gasteiger partial charge in [0.2, 0.25) is 10.0 Å². The Balaban J connectivity index is 1.98. The standard InChI is InChI=1S/C13H16F2N2O2S/c14-10-4-11(15)6-12(5-10)20(18,19)17-3-1-2-9-7-16-8-13(9)17/h4-6,9,13,16H,1-3,7-8H2. The average Bonchev–Trinajstić information content (AvgIpc) is 2.85. The summed E-state index contributed by atoms with van der Waals surface area (Å²) in [6.07, 6.45) is 1.76. The first-order valence-corrected chi connectivity index (χ1v) is 8.11. The summed E-state index contributed by atoms with van der Waals surface area (Å²) in [5, 5.41) is 3.19. The number of nitrogens with one attached hydrogen (secondary N) is 1. The van der Waals surface area contributed by atoms with Crippen LogP contribution >= 0.6 is 0 Å². The smallest absolute Gasteiger partial charge is 0.243 e. The molecule has 2 saturated heterocycles. The fraction of sp³-hybridized carbons (Fsp3) is 0.538. The number of benzene rings is 1. The van der Waals surface area contributed by atoms with Gasteiger partial charge in [-0.3, -0.25) is 0 Å². The second kappa shape index (κ2) is 5.05. The van der Waals surface area contributed by atoms with Crippen molar-refractivity contribution >= 4 is 10.0 Å². The van der Waals surface area contributed by atoms with Crippen LogP contribution in [0, 0.1) is 17.6 Å². The van der Waals surface area contributed by atoms with Crippen molar-refractivity contribution in [3.8, 4) is 0 Å². The normalized spacial score (nSPS) is 27.5. The van der Waals surface area contributed by atoms with E-state index in [4.69, 9.17) is 0 Å². The zero-order chi connectivity index (χ0) is 14.3. The van der Waals surface area contributed by atoms with Gasteiger partial charge in [-0.2, -0.15) is 4.31 Å². The van der Waals surface area contributed by atoms with Gasteiger partial charge in [-0.1, -0.05) is 0 Å². The van der Waals surface area contributed by atoms with Gasteiger partial charge in [-0.25, -0.2) is 17.2 Å². The van der Waals surface area contributed by atoms with Gasteiger partial charge < -0.3 is 5.32 Å². The molecular weight excluding hydrogens is 286 g/mol. The van der Waals surface area contributed by atoms with Gasteiger partial charge in [-0.15, -0.1) is 0 Å². The lowest BCUT2D eigenvalue weighted by molar-refractivity contribution is 0.217. The summed E-state index contributed by atoms with van der Waals surface area (Å²) >= 11 is 0. The maximum atomic E-state index is 13.3. The first kappa shape index (κ1) is 13.9. The second-order valence-electron chi connectivity index (χ2n) is 5.35. The number of rotatable bonds is 2. The number of sulfonamides is 1. The monoisotopic (exact) mass is 302 g/mol. The lowest BCUT2D eigenvalue weighted by Crippen LogP contribution is -2.48. The van der Waals surface area contributed by atoms with Gasteiger partial charge in [0, 0.05) is 25.2 Å². The van der Waals surface area contributed by atoms with Gasteiger partial charge in [0.25, 0.3) is 0 Å². The molecule has 1 aromatic carbocycles. The molecule has 0 aliphatic carbocycles. The van der Waals surface area contributed by atoms with Crippen molar-refractivity contribution in [1.29, 1.82) is 0 Å². The Morgan fingerprint density at radius 2 is 1.85 bits per heavy atom. The molecule has 2 fully saturated rings. The topological polar surface area (TPSA) is 49.4 Å². The number of fused-ring (bicyclic) bond motifs is 1. The molecule has 0 bridgehead atoms. The largest absolute Gasteiger partial charge is 0.315 e. The fourth-order valence-corrected chi connectivity index (χ4v) is 4.90. The molecule has 2 aliphatic rings. The molecule has 110 valence electrons. The van der Waals surface area contributed by atoms with Gasteiger partial charge in [0.05, 0.1) is 4.90 Å². The van der Waals surface area contributed by atoms with Crippen LogP contribution in [-0.4, -0.2) is 38.4 Å². The molecule has 3 rings (SSSR count). The third kappa shape index (κ3) is 2.34. The minimum atomic E-state index is -3.85. The molecule has 0 saturated carbocycles. The van der Waals surface area contributed by atoms with Crippen molar-refractivity contribution in [3.05, 3.63) is 29.8 Å². The summed E-state index contributed by atoms with van der Waals surface area (Å²) in [5.74, 6) is -1.46. The van der Waals surface area contributed by atoms with E-state index in [1.54, 1.807) is 0 Å². The third-order valence-electron chi connectivity index (χ3n) is 4.07. The molecular formula is C13H16F2N2O2S. The Hall–Kier alpha value is -1.05. The van der Waals surface area contributed by atoms with E-state index < -0.39 is 21.7 Å². The van der Waals surface area contributed by atoms with Crippen molar-refractivity contribution in [2.24, 2.45) is 5.92 Å². The van der Waals surface area contributed by atoms with Crippen LogP contribution in [0.5, 0.6) is 0 Å². The number of halogens is 2. The average molecular weight is 302 g/mol. The molecule has 2 aliphatic heterocycles. The highest BCUT2D eigenvalue weighted by molar-refractivity contribution is 7.89. The Kier molecular flexibility index (Phi) is 3.51. The molecule has 4 nitrogen and oxygen atoms in total. The Labute approximate surface area is 116 Å². The van der Waals surface area contributed by atoms with Crippen molar-refractivity contribution in [1.82, 2.24) is 9.62 Å². The van der Waals surface area contributed by atoms with Crippen LogP contribution in [0.15, 0.2) is 23.1 Å². The zero-order valence-electron chi connectivity index (χ0n) is 10.9. The minimum absolute atomic E-state index is 0.111. The predicted octanol–water partition coefficient (Wildman–Crippen LogP) is 1.34. The van der Waals surface area contributed by atoms with Gasteiger partial charge in [-0.05, 0) is 37.4 Å². The number of hydrogen-bond donors (Lipinski definition) is 1. The van der Waals surface area contributed by atoms with Crippen LogP contribution in [0.2, 0.25) is 0 Å². The van der Waals surface area contributed by atoms with Gasteiger partial charge >= 0.3 is 0 Å². The quantitative estimate of drug-likeness (QED) is 0.897. The lowest BCUT2D eigenvalue weighted by Gasteiger charge is -2.35. The Morgan fingerprint density at radius 1 is 1.15 bits per heavy atom. The van der Waals surface area contributed by atoms with E-state index in [9.17, 15) is 17.2 Å². The zero-order valence-corrected chi connectivity index (χ0v) is 11.7. The summed E-state index contributed by atoms with van der Waals surface area (Å²) in [7, 11) is -3.85. The predicted molar refractivity (Wildman–Crippen MR) is 69.6 cm³/mol. The molecule has 0 aromatic heterocycles. The molecule has 2 atom stereocenters. The van der Waals surface area contributed by atoms with E-state index in [-0.39, 0.29) is 16.9 Å². The molecule has 2 heterocycles. The highest BCUT2D eigenvalue weighted by Crippen LogP contribution is 2.31. The maximum Gasteiger partial charge on any atom is 0.243 e. The van der Waals surface area contributed by atoms with Crippen LogP contribution in [-0.2, 0) is 10.0 Å². The maximum absolute atomic E-state index is 13.3. The molecule has 1 aromatic rings. The van der Waals surface area contributed by atoms with Crippen LogP contribution < -0.4 is 5.32 Å². The minimum Gasteiger partial charge on any atom is -0.315 e. The molecule has 0 spiro atoms. The Morgan fingerprint density at radius 3 is 2.55 bits per heavy atom. The van der Waals surface area contributed by atoms with Crippen molar-refractivity contribution < 1.29 is 17.2 Å². The van der Waals surface area contributed by atoms with E-state index in [1.807, 2.05) is 0 Å². The van der Waals surface area contributed by atoms with E-state index in [1.165, 1.54) is 4.31 Å². The van der Waals surface area contributed by atoms with Gasteiger partial charge in [0.1, 0.15) is 11.6 Å². The molecule has 1 N–H and O–H groups in total. The van der Waals surface area contributed by atoms with E-state index in [2.05, 4.69) is 5.32 Å². The molecule has 0 amide bonds. The summed E-state index contributed by atoms with van der Waals surface area (Å²) in [5.41, 5.74) is 0. The van der Waals surface area contributed by atoms with E-state index >= 15 is 0 Å².